The van der Waals surface area contributed by atoms with E-state index in [0.29, 0.717) is 24.2 Å². The van der Waals surface area contributed by atoms with Gasteiger partial charge in [-0.05, 0) is 109 Å². The predicted octanol–water partition coefficient (Wildman–Crippen LogP) is 5.30. The molecule has 2 aromatic rings. The van der Waals surface area contributed by atoms with Crippen molar-refractivity contribution in [1.82, 2.24) is 30.3 Å². The van der Waals surface area contributed by atoms with E-state index in [-0.39, 0.29) is 51.9 Å². The van der Waals surface area contributed by atoms with Crippen molar-refractivity contribution < 1.29 is 18.7 Å². The Kier molecular flexibility index (Phi) is 9.24. The maximum atomic E-state index is 14.3. The molecule has 1 unspecified atom stereocenters. The number of likely N-dealkylation sites (tertiary alicyclic amines) is 1. The highest BCUT2D eigenvalue weighted by atomic mass is 19.1. The van der Waals surface area contributed by atoms with Gasteiger partial charge in [-0.15, -0.1) is 10.2 Å². The Labute approximate surface area is 272 Å². The summed E-state index contributed by atoms with van der Waals surface area (Å²) in [5.41, 5.74) is 0.436. The summed E-state index contributed by atoms with van der Waals surface area (Å²) in [6, 6.07) is 3.94. The molecular weight excluding hydrogens is 585 g/mol. The van der Waals surface area contributed by atoms with Crippen LogP contribution in [-0.2, 0) is 4.79 Å². The van der Waals surface area contributed by atoms with Gasteiger partial charge in [0.05, 0.1) is 5.56 Å². The van der Waals surface area contributed by atoms with Crippen molar-refractivity contribution in [2.24, 2.45) is 23.2 Å². The Morgan fingerprint density at radius 3 is 2.48 bits per heavy atom. The number of halogens is 1. The van der Waals surface area contributed by atoms with Crippen molar-refractivity contribution in [2.45, 2.75) is 91.1 Å². The molecule has 4 heterocycles. The van der Waals surface area contributed by atoms with Crippen molar-refractivity contribution in [3.05, 3.63) is 35.9 Å². The van der Waals surface area contributed by atoms with Crippen molar-refractivity contribution in [1.29, 1.82) is 0 Å². The Bertz CT molecular complexity index is 1410. The Morgan fingerprint density at radius 2 is 1.85 bits per heavy atom. The van der Waals surface area contributed by atoms with Crippen molar-refractivity contribution in [3.63, 3.8) is 0 Å². The molecule has 6 rings (SSSR count). The van der Waals surface area contributed by atoms with Gasteiger partial charge in [0.15, 0.2) is 5.82 Å². The number of benzene rings is 1. The lowest BCUT2D eigenvalue weighted by Gasteiger charge is -2.54. The van der Waals surface area contributed by atoms with Gasteiger partial charge in [-0.1, -0.05) is 13.8 Å². The first-order valence-corrected chi connectivity index (χ1v) is 17.3. The van der Waals surface area contributed by atoms with Crippen LogP contribution in [0.25, 0.3) is 0 Å². The second kappa shape index (κ2) is 13.0. The number of hydrogen-bond donors (Lipinski definition) is 1. The van der Waals surface area contributed by atoms with Crippen LogP contribution in [0.3, 0.4) is 0 Å². The van der Waals surface area contributed by atoms with Crippen LogP contribution in [0.2, 0.25) is 0 Å². The fourth-order valence-corrected chi connectivity index (χ4v) is 8.31. The number of carbonyl (C=O) groups is 2. The fraction of sp³-hybridized carbons (Fsp3) is 0.686. The fourth-order valence-electron chi connectivity index (χ4n) is 8.31. The van der Waals surface area contributed by atoms with Crippen molar-refractivity contribution in [2.75, 3.05) is 44.2 Å². The molecule has 3 aliphatic heterocycles. The summed E-state index contributed by atoms with van der Waals surface area (Å²) in [7, 11) is 0. The number of rotatable bonds is 9. The van der Waals surface area contributed by atoms with Crippen LogP contribution < -0.4 is 15.0 Å². The van der Waals surface area contributed by atoms with Crippen molar-refractivity contribution in [3.8, 4) is 11.6 Å². The number of amides is 2. The maximum absolute atomic E-state index is 14.3. The summed E-state index contributed by atoms with van der Waals surface area (Å²) in [5, 5.41) is 11.6. The van der Waals surface area contributed by atoms with E-state index < -0.39 is 5.82 Å². The minimum Gasteiger partial charge on any atom is -0.434 e. The monoisotopic (exact) mass is 635 g/mol. The molecular formula is C35H50FN7O3. The molecule has 1 aromatic carbocycles. The first kappa shape index (κ1) is 32.6. The van der Waals surface area contributed by atoms with Crippen LogP contribution >= 0.6 is 0 Å². The first-order valence-electron chi connectivity index (χ1n) is 17.3. The van der Waals surface area contributed by atoms with Gasteiger partial charge in [-0.25, -0.2) is 9.37 Å². The van der Waals surface area contributed by atoms with Gasteiger partial charge in [0.25, 0.3) is 11.8 Å². The summed E-state index contributed by atoms with van der Waals surface area (Å²) >= 11 is 0. The van der Waals surface area contributed by atoms with Gasteiger partial charge >= 0.3 is 0 Å². The Balaban J connectivity index is 1.03. The molecule has 1 atom stereocenters. The third-order valence-electron chi connectivity index (χ3n) is 11.2. The van der Waals surface area contributed by atoms with Crippen LogP contribution in [0.1, 0.15) is 89.9 Å². The smallest absolute Gasteiger partial charge is 0.282 e. The SMILES string of the molecule is CCN(C(=O)c1cc(F)ccc1Oc1nncnc1N1CC2(CCN(CC3CCC4(CC3)CC(C(C)C)C(=O)N4)CC2)C1)C(C)C. The summed E-state index contributed by atoms with van der Waals surface area (Å²) in [5.74, 6) is 1.80. The van der Waals surface area contributed by atoms with E-state index in [1.165, 1.54) is 37.4 Å². The molecule has 11 heteroatoms. The summed E-state index contributed by atoms with van der Waals surface area (Å²) in [4.78, 5) is 36.9. The van der Waals surface area contributed by atoms with E-state index in [0.717, 1.165) is 64.8 Å². The van der Waals surface area contributed by atoms with Gasteiger partial charge in [-0.2, -0.15) is 0 Å². The molecule has 0 radical (unpaired) electrons. The van der Waals surface area contributed by atoms with Crippen LogP contribution in [-0.4, -0.2) is 87.6 Å². The van der Waals surface area contributed by atoms with E-state index in [1.54, 1.807) is 4.90 Å². The minimum atomic E-state index is -0.501. The molecule has 2 spiro atoms. The van der Waals surface area contributed by atoms with Crippen LogP contribution in [0.4, 0.5) is 10.2 Å². The molecule has 4 fully saturated rings. The molecule has 1 aliphatic carbocycles. The lowest BCUT2D eigenvalue weighted by atomic mass is 9.71. The molecule has 4 aliphatic rings. The van der Waals surface area contributed by atoms with E-state index in [2.05, 4.69) is 44.1 Å². The average molecular weight is 636 g/mol. The zero-order valence-electron chi connectivity index (χ0n) is 28.1. The van der Waals surface area contributed by atoms with Gasteiger partial charge in [0.1, 0.15) is 17.9 Å². The molecule has 2 amide bonds. The number of aromatic nitrogens is 3. The number of nitrogens with zero attached hydrogens (tertiary/aromatic N) is 6. The van der Waals surface area contributed by atoms with Crippen LogP contribution in [0.15, 0.2) is 24.5 Å². The average Bonchev–Trinajstić information content (AvgIpc) is 3.34. The number of ether oxygens (including phenoxy) is 1. The molecule has 250 valence electrons. The van der Waals surface area contributed by atoms with Gasteiger partial charge in [-0.3, -0.25) is 9.59 Å². The highest BCUT2D eigenvalue weighted by molar-refractivity contribution is 5.97. The highest BCUT2D eigenvalue weighted by Gasteiger charge is 2.48. The van der Waals surface area contributed by atoms with E-state index in [9.17, 15) is 14.0 Å². The number of nitrogens with one attached hydrogen (secondary N) is 1. The standard InChI is InChI=1S/C35H50FN7O3/c1-6-43(24(4)5)33(45)27-17-26(36)7-8-29(27)46-32-30(37-22-38-40-32)42-20-34(21-42)13-15-41(16-14-34)19-25-9-11-35(12-10-25)18-28(23(2)3)31(44)39-35/h7-8,17,22-25,28H,6,9-16,18-21H2,1-5H3,(H,39,44). The zero-order chi connectivity index (χ0) is 32.6. The van der Waals surface area contributed by atoms with Crippen molar-refractivity contribution >= 4 is 17.6 Å². The predicted molar refractivity (Wildman–Crippen MR) is 174 cm³/mol. The number of anilines is 1. The van der Waals surface area contributed by atoms with Gasteiger partial charge in [0, 0.05) is 49.1 Å². The van der Waals surface area contributed by atoms with Gasteiger partial charge < -0.3 is 24.8 Å². The maximum Gasteiger partial charge on any atom is 0.282 e. The molecule has 1 aromatic heterocycles. The number of hydrogen-bond acceptors (Lipinski definition) is 8. The summed E-state index contributed by atoms with van der Waals surface area (Å²) in [6.07, 6.45) is 9.31. The van der Waals surface area contributed by atoms with Gasteiger partial charge in [0.2, 0.25) is 5.91 Å². The molecule has 0 bridgehead atoms. The quantitative estimate of drug-likeness (QED) is 0.396. The lowest BCUT2D eigenvalue weighted by Crippen LogP contribution is -2.61. The number of piperidine rings is 1. The highest BCUT2D eigenvalue weighted by Crippen LogP contribution is 2.46. The summed E-state index contributed by atoms with van der Waals surface area (Å²) < 4.78 is 20.4. The third kappa shape index (κ3) is 6.57. The molecule has 1 N–H and O–H groups in total. The largest absolute Gasteiger partial charge is 0.434 e. The molecule has 10 nitrogen and oxygen atoms in total. The number of carbonyl (C=O) groups excluding carboxylic acids is 2. The van der Waals surface area contributed by atoms with E-state index in [1.807, 2.05) is 20.8 Å². The zero-order valence-corrected chi connectivity index (χ0v) is 28.1. The molecule has 46 heavy (non-hydrogen) atoms. The molecule has 3 saturated heterocycles. The Morgan fingerprint density at radius 1 is 1.13 bits per heavy atom. The second-order valence-corrected chi connectivity index (χ2v) is 14.9. The third-order valence-corrected chi connectivity index (χ3v) is 11.2. The Hall–Kier alpha value is -3.34. The minimum absolute atomic E-state index is 0.0417. The topological polar surface area (TPSA) is 104 Å². The molecule has 1 saturated carbocycles. The first-order chi connectivity index (χ1) is 22.0. The van der Waals surface area contributed by atoms with E-state index in [4.69, 9.17) is 4.74 Å². The van der Waals surface area contributed by atoms with Crippen LogP contribution in [0, 0.1) is 29.0 Å². The lowest BCUT2D eigenvalue weighted by molar-refractivity contribution is -0.124. The normalized spacial score (nSPS) is 26.1. The second-order valence-electron chi connectivity index (χ2n) is 14.9. The van der Waals surface area contributed by atoms with E-state index >= 15 is 0 Å². The summed E-state index contributed by atoms with van der Waals surface area (Å²) in [6.45, 7) is 15.7. The van der Waals surface area contributed by atoms with Crippen LogP contribution in [0.5, 0.6) is 11.6 Å².